The van der Waals surface area contributed by atoms with Crippen LogP contribution in [0.25, 0.3) is 0 Å². The van der Waals surface area contributed by atoms with Crippen molar-refractivity contribution in [2.45, 2.75) is 13.5 Å². The lowest BCUT2D eigenvalue weighted by atomic mass is 10.1. The molecule has 0 bridgehead atoms. The van der Waals surface area contributed by atoms with Gasteiger partial charge in [-0.05, 0) is 36.8 Å². The Bertz CT molecular complexity index is 659. The maximum Gasteiger partial charge on any atom is 0.387 e. The highest BCUT2D eigenvalue weighted by Crippen LogP contribution is 2.26. The number of carbonyl (C=O) groups excluding carboxylic acids is 1. The largest absolute Gasteiger partial charge is 0.433 e. The monoisotopic (exact) mass is 295 g/mol. The number of alkyl halides is 2. The van der Waals surface area contributed by atoms with E-state index in [0.717, 1.165) is 0 Å². The van der Waals surface area contributed by atoms with E-state index in [4.69, 9.17) is 0 Å². The second kappa shape index (κ2) is 6.30. The van der Waals surface area contributed by atoms with Crippen LogP contribution in [0, 0.1) is 12.7 Å². The molecule has 110 valence electrons. The Labute approximate surface area is 119 Å². The van der Waals surface area contributed by atoms with Crippen molar-refractivity contribution in [2.24, 2.45) is 0 Å². The number of hydrogen-bond acceptors (Lipinski definition) is 2. The van der Waals surface area contributed by atoms with Crippen molar-refractivity contribution in [1.82, 2.24) is 0 Å². The van der Waals surface area contributed by atoms with Gasteiger partial charge in [-0.3, -0.25) is 4.79 Å². The van der Waals surface area contributed by atoms with Gasteiger partial charge in [-0.2, -0.15) is 8.78 Å². The van der Waals surface area contributed by atoms with E-state index in [0.29, 0.717) is 5.56 Å². The SMILES string of the molecule is Cc1ccc(C(=O)Nc2ccccc2OC(F)F)c(F)c1. The van der Waals surface area contributed by atoms with Crippen LogP contribution < -0.4 is 10.1 Å². The van der Waals surface area contributed by atoms with Gasteiger partial charge in [0.25, 0.3) is 5.91 Å². The summed E-state index contributed by atoms with van der Waals surface area (Å²) in [5.74, 6) is -1.61. The molecule has 2 rings (SSSR count). The second-order valence-electron chi connectivity index (χ2n) is 4.31. The molecule has 3 nitrogen and oxygen atoms in total. The van der Waals surface area contributed by atoms with Crippen LogP contribution in [-0.4, -0.2) is 12.5 Å². The average molecular weight is 295 g/mol. The number of para-hydroxylation sites is 2. The summed E-state index contributed by atoms with van der Waals surface area (Å²) in [4.78, 5) is 12.0. The summed E-state index contributed by atoms with van der Waals surface area (Å²) in [5, 5.41) is 2.36. The Balaban J connectivity index is 2.23. The van der Waals surface area contributed by atoms with E-state index < -0.39 is 18.3 Å². The topological polar surface area (TPSA) is 38.3 Å². The number of nitrogens with one attached hydrogen (secondary N) is 1. The molecule has 2 aromatic rings. The first-order chi connectivity index (χ1) is 9.97. The van der Waals surface area contributed by atoms with Crippen molar-refractivity contribution in [1.29, 1.82) is 0 Å². The van der Waals surface area contributed by atoms with E-state index >= 15 is 0 Å². The van der Waals surface area contributed by atoms with Gasteiger partial charge in [0, 0.05) is 0 Å². The zero-order valence-electron chi connectivity index (χ0n) is 11.1. The highest BCUT2D eigenvalue weighted by molar-refractivity contribution is 6.05. The van der Waals surface area contributed by atoms with Crippen LogP contribution in [0.2, 0.25) is 0 Å². The number of rotatable bonds is 4. The van der Waals surface area contributed by atoms with E-state index in [-0.39, 0.29) is 17.0 Å². The lowest BCUT2D eigenvalue weighted by molar-refractivity contribution is -0.0493. The fourth-order valence-corrected chi connectivity index (χ4v) is 1.76. The third kappa shape index (κ3) is 3.75. The molecule has 0 saturated carbocycles. The van der Waals surface area contributed by atoms with E-state index in [1.54, 1.807) is 19.1 Å². The third-order valence-corrected chi connectivity index (χ3v) is 2.72. The first-order valence-corrected chi connectivity index (χ1v) is 6.08. The van der Waals surface area contributed by atoms with Crippen LogP contribution in [0.1, 0.15) is 15.9 Å². The number of carbonyl (C=O) groups is 1. The van der Waals surface area contributed by atoms with Gasteiger partial charge in [0.1, 0.15) is 11.6 Å². The van der Waals surface area contributed by atoms with Gasteiger partial charge in [0.2, 0.25) is 0 Å². The maximum absolute atomic E-state index is 13.7. The fraction of sp³-hybridized carbons (Fsp3) is 0.133. The standard InChI is InChI=1S/C15H12F3NO2/c1-9-6-7-10(11(16)8-9)14(20)19-12-4-2-3-5-13(12)21-15(17)18/h2-8,15H,1H3,(H,19,20). The molecule has 2 aromatic carbocycles. The van der Waals surface area contributed by atoms with Gasteiger partial charge in [-0.1, -0.05) is 18.2 Å². The molecule has 0 heterocycles. The zero-order valence-corrected chi connectivity index (χ0v) is 11.1. The highest BCUT2D eigenvalue weighted by atomic mass is 19.3. The number of hydrogen-bond donors (Lipinski definition) is 1. The quantitative estimate of drug-likeness (QED) is 0.926. The minimum absolute atomic E-state index is 0.0442. The Morgan fingerprint density at radius 1 is 1.19 bits per heavy atom. The summed E-state index contributed by atoms with van der Waals surface area (Å²) in [6.45, 7) is -1.32. The summed E-state index contributed by atoms with van der Waals surface area (Å²) >= 11 is 0. The summed E-state index contributed by atoms with van der Waals surface area (Å²) < 4.78 is 42.5. The molecule has 6 heteroatoms. The molecule has 0 atom stereocenters. The molecule has 0 aliphatic heterocycles. The van der Waals surface area contributed by atoms with Crippen molar-refractivity contribution >= 4 is 11.6 Å². The summed E-state index contributed by atoms with van der Waals surface area (Å²) in [5.41, 5.74) is 0.542. The van der Waals surface area contributed by atoms with Crippen LogP contribution in [0.4, 0.5) is 18.9 Å². The van der Waals surface area contributed by atoms with Gasteiger partial charge in [-0.15, -0.1) is 0 Å². The molecule has 0 aliphatic rings. The van der Waals surface area contributed by atoms with Gasteiger partial charge in [-0.25, -0.2) is 4.39 Å². The molecule has 0 radical (unpaired) electrons. The molecule has 0 aliphatic carbocycles. The molecular weight excluding hydrogens is 283 g/mol. The predicted molar refractivity (Wildman–Crippen MR) is 72.2 cm³/mol. The molecule has 0 unspecified atom stereocenters. The third-order valence-electron chi connectivity index (χ3n) is 2.72. The first kappa shape index (κ1) is 14.9. The number of ether oxygens (including phenoxy) is 1. The van der Waals surface area contributed by atoms with Crippen molar-refractivity contribution in [3.05, 3.63) is 59.4 Å². The number of halogens is 3. The molecule has 0 spiro atoms. The minimum Gasteiger partial charge on any atom is -0.433 e. The van der Waals surface area contributed by atoms with Gasteiger partial charge < -0.3 is 10.1 Å². The fourth-order valence-electron chi connectivity index (χ4n) is 1.76. The van der Waals surface area contributed by atoms with E-state index in [2.05, 4.69) is 10.1 Å². The number of amides is 1. The number of anilines is 1. The summed E-state index contributed by atoms with van der Waals surface area (Å²) in [6.07, 6.45) is 0. The molecule has 0 aromatic heterocycles. The molecule has 1 amide bonds. The van der Waals surface area contributed by atoms with Crippen LogP contribution in [0.15, 0.2) is 42.5 Å². The normalized spacial score (nSPS) is 10.5. The van der Waals surface area contributed by atoms with Crippen LogP contribution in [0.3, 0.4) is 0 Å². The second-order valence-corrected chi connectivity index (χ2v) is 4.31. The maximum atomic E-state index is 13.7. The molecule has 1 N–H and O–H groups in total. The highest BCUT2D eigenvalue weighted by Gasteiger charge is 2.15. The van der Waals surface area contributed by atoms with Crippen molar-refractivity contribution in [3.8, 4) is 5.75 Å². The summed E-state index contributed by atoms with van der Waals surface area (Å²) in [7, 11) is 0. The molecule has 0 fully saturated rings. The Hall–Kier alpha value is -2.50. The minimum atomic E-state index is -3.01. The van der Waals surface area contributed by atoms with Gasteiger partial charge >= 0.3 is 6.61 Å². The van der Waals surface area contributed by atoms with Gasteiger partial charge in [0.15, 0.2) is 0 Å². The van der Waals surface area contributed by atoms with Crippen LogP contribution in [0.5, 0.6) is 5.75 Å². The van der Waals surface area contributed by atoms with E-state index in [1.165, 1.54) is 30.3 Å². The van der Waals surface area contributed by atoms with Gasteiger partial charge in [0.05, 0.1) is 11.3 Å². The van der Waals surface area contributed by atoms with E-state index in [9.17, 15) is 18.0 Å². The molecule has 21 heavy (non-hydrogen) atoms. The Morgan fingerprint density at radius 2 is 1.90 bits per heavy atom. The smallest absolute Gasteiger partial charge is 0.387 e. The average Bonchev–Trinajstić information content (AvgIpc) is 2.40. The number of benzene rings is 2. The zero-order chi connectivity index (χ0) is 15.4. The van der Waals surface area contributed by atoms with Crippen molar-refractivity contribution < 1.29 is 22.7 Å². The van der Waals surface area contributed by atoms with Crippen LogP contribution in [-0.2, 0) is 0 Å². The lowest BCUT2D eigenvalue weighted by Gasteiger charge is -2.12. The first-order valence-electron chi connectivity index (χ1n) is 6.08. The van der Waals surface area contributed by atoms with E-state index in [1.807, 2.05) is 0 Å². The molecular formula is C15H12F3NO2. The van der Waals surface area contributed by atoms with Crippen molar-refractivity contribution in [3.63, 3.8) is 0 Å². The predicted octanol–water partition coefficient (Wildman–Crippen LogP) is 3.99. The molecule has 0 saturated heterocycles. The Kier molecular flexibility index (Phi) is 4.47. The Morgan fingerprint density at radius 3 is 2.57 bits per heavy atom. The van der Waals surface area contributed by atoms with Crippen molar-refractivity contribution in [2.75, 3.05) is 5.32 Å². The van der Waals surface area contributed by atoms with Crippen LogP contribution >= 0.6 is 0 Å². The number of aryl methyl sites for hydroxylation is 1. The lowest BCUT2D eigenvalue weighted by Crippen LogP contribution is -2.15. The summed E-state index contributed by atoms with van der Waals surface area (Å²) in [6, 6.07) is 9.83.